The predicted molar refractivity (Wildman–Crippen MR) is 76.5 cm³/mol. The van der Waals surface area contributed by atoms with Gasteiger partial charge in [0.15, 0.2) is 0 Å². The van der Waals surface area contributed by atoms with Crippen molar-refractivity contribution in [1.82, 2.24) is 4.90 Å². The number of hydrogen-bond acceptors (Lipinski definition) is 3. The second-order valence-corrected chi connectivity index (χ2v) is 4.20. The van der Waals surface area contributed by atoms with Crippen LogP contribution in [0.4, 0.5) is 11.4 Å². The molecule has 0 radical (unpaired) electrons. The highest BCUT2D eigenvalue weighted by Crippen LogP contribution is 2.15. The van der Waals surface area contributed by atoms with Crippen molar-refractivity contribution in [2.75, 3.05) is 43.4 Å². The van der Waals surface area contributed by atoms with E-state index in [2.05, 4.69) is 42.7 Å². The molecule has 0 amide bonds. The zero-order chi connectivity index (χ0) is 12.7. The first kappa shape index (κ1) is 13.8. The second-order valence-electron chi connectivity index (χ2n) is 4.20. The number of benzene rings is 1. The van der Waals surface area contributed by atoms with Crippen LogP contribution in [0.3, 0.4) is 0 Å². The fraction of sp³-hybridized carbons (Fsp3) is 0.571. The standard InChI is InChI=1S/C14H25N3/c1-4-16(5-2)11-12-17(6-3)14-9-7-13(15)8-10-14/h7-10H,4-6,11-12,15H2,1-3H3. The summed E-state index contributed by atoms with van der Waals surface area (Å²) in [7, 11) is 0. The maximum Gasteiger partial charge on any atom is 0.0368 e. The summed E-state index contributed by atoms with van der Waals surface area (Å²) in [5, 5.41) is 0. The summed E-state index contributed by atoms with van der Waals surface area (Å²) < 4.78 is 0. The van der Waals surface area contributed by atoms with Gasteiger partial charge in [-0.05, 0) is 44.3 Å². The van der Waals surface area contributed by atoms with Crippen LogP contribution >= 0.6 is 0 Å². The first-order valence-corrected chi connectivity index (χ1v) is 6.54. The highest BCUT2D eigenvalue weighted by Gasteiger charge is 2.06. The average Bonchev–Trinajstić information content (AvgIpc) is 2.36. The van der Waals surface area contributed by atoms with Crippen molar-refractivity contribution in [3.63, 3.8) is 0 Å². The molecule has 0 aliphatic heterocycles. The lowest BCUT2D eigenvalue weighted by molar-refractivity contribution is 0.310. The van der Waals surface area contributed by atoms with Crippen LogP contribution in [0.25, 0.3) is 0 Å². The zero-order valence-corrected chi connectivity index (χ0v) is 11.3. The third-order valence-corrected chi connectivity index (χ3v) is 3.22. The Kier molecular flexibility index (Phi) is 5.84. The van der Waals surface area contributed by atoms with E-state index in [0.29, 0.717) is 0 Å². The molecule has 1 aromatic rings. The molecule has 0 saturated heterocycles. The molecule has 0 unspecified atom stereocenters. The zero-order valence-electron chi connectivity index (χ0n) is 11.3. The van der Waals surface area contributed by atoms with Crippen molar-refractivity contribution in [2.45, 2.75) is 20.8 Å². The highest BCUT2D eigenvalue weighted by atomic mass is 15.2. The van der Waals surface area contributed by atoms with E-state index < -0.39 is 0 Å². The molecule has 0 aliphatic rings. The van der Waals surface area contributed by atoms with E-state index in [4.69, 9.17) is 5.73 Å². The number of anilines is 2. The SMILES string of the molecule is CCN(CC)CCN(CC)c1ccc(N)cc1. The Hall–Kier alpha value is -1.22. The molecular weight excluding hydrogens is 210 g/mol. The van der Waals surface area contributed by atoms with E-state index in [1.54, 1.807) is 0 Å². The van der Waals surface area contributed by atoms with Gasteiger partial charge in [0.2, 0.25) is 0 Å². The molecule has 3 heteroatoms. The van der Waals surface area contributed by atoms with E-state index in [0.717, 1.165) is 38.4 Å². The molecule has 2 N–H and O–H groups in total. The first-order valence-electron chi connectivity index (χ1n) is 6.54. The second kappa shape index (κ2) is 7.17. The van der Waals surface area contributed by atoms with E-state index in [1.165, 1.54) is 5.69 Å². The van der Waals surface area contributed by atoms with Crippen LogP contribution in [0.15, 0.2) is 24.3 Å². The Labute approximate surface area is 105 Å². The monoisotopic (exact) mass is 235 g/mol. The van der Waals surface area contributed by atoms with Gasteiger partial charge < -0.3 is 15.5 Å². The van der Waals surface area contributed by atoms with Crippen LogP contribution in [0, 0.1) is 0 Å². The maximum absolute atomic E-state index is 5.71. The highest BCUT2D eigenvalue weighted by molar-refractivity contribution is 5.53. The van der Waals surface area contributed by atoms with Gasteiger partial charge in [-0.3, -0.25) is 0 Å². The minimum Gasteiger partial charge on any atom is -0.399 e. The van der Waals surface area contributed by atoms with Gasteiger partial charge in [-0.25, -0.2) is 0 Å². The van der Waals surface area contributed by atoms with Crippen molar-refractivity contribution in [2.24, 2.45) is 0 Å². The quantitative estimate of drug-likeness (QED) is 0.737. The van der Waals surface area contributed by atoms with E-state index in [1.807, 2.05) is 12.1 Å². The summed E-state index contributed by atoms with van der Waals surface area (Å²) >= 11 is 0. The van der Waals surface area contributed by atoms with Gasteiger partial charge in [0.05, 0.1) is 0 Å². The molecule has 3 nitrogen and oxygen atoms in total. The summed E-state index contributed by atoms with van der Waals surface area (Å²) in [6, 6.07) is 8.13. The minimum absolute atomic E-state index is 0.827. The number of nitrogens with zero attached hydrogens (tertiary/aromatic N) is 2. The third kappa shape index (κ3) is 4.27. The van der Waals surface area contributed by atoms with Crippen molar-refractivity contribution in [1.29, 1.82) is 0 Å². The average molecular weight is 235 g/mol. The molecule has 0 aromatic heterocycles. The Morgan fingerprint density at radius 1 is 0.882 bits per heavy atom. The molecule has 1 rings (SSSR count). The molecule has 0 fully saturated rings. The van der Waals surface area contributed by atoms with E-state index in [9.17, 15) is 0 Å². The van der Waals surface area contributed by atoms with Crippen LogP contribution in [0.1, 0.15) is 20.8 Å². The van der Waals surface area contributed by atoms with Gasteiger partial charge in [0.1, 0.15) is 0 Å². The number of likely N-dealkylation sites (N-methyl/N-ethyl adjacent to an activating group) is 2. The molecule has 1 aromatic carbocycles. The smallest absolute Gasteiger partial charge is 0.0368 e. The van der Waals surface area contributed by atoms with Gasteiger partial charge in [-0.1, -0.05) is 13.8 Å². The lowest BCUT2D eigenvalue weighted by Gasteiger charge is -2.27. The van der Waals surface area contributed by atoms with Gasteiger partial charge in [-0.2, -0.15) is 0 Å². The predicted octanol–water partition coefficient (Wildman–Crippen LogP) is 2.44. The maximum atomic E-state index is 5.71. The lowest BCUT2D eigenvalue weighted by atomic mass is 10.2. The summed E-state index contributed by atoms with van der Waals surface area (Å²) in [5.41, 5.74) is 7.79. The normalized spacial score (nSPS) is 10.8. The summed E-state index contributed by atoms with van der Waals surface area (Å²) in [5.74, 6) is 0. The molecule has 0 saturated carbocycles. The number of rotatable bonds is 7. The Balaban J connectivity index is 2.56. The van der Waals surface area contributed by atoms with Crippen LogP contribution < -0.4 is 10.6 Å². The number of hydrogen-bond donors (Lipinski definition) is 1. The summed E-state index contributed by atoms with van der Waals surface area (Å²) in [6.45, 7) is 12.1. The van der Waals surface area contributed by atoms with Crippen molar-refractivity contribution < 1.29 is 0 Å². The molecule has 0 aliphatic carbocycles. The fourth-order valence-electron chi connectivity index (χ4n) is 1.96. The third-order valence-electron chi connectivity index (χ3n) is 3.22. The van der Waals surface area contributed by atoms with Gasteiger partial charge in [-0.15, -0.1) is 0 Å². The molecule has 17 heavy (non-hydrogen) atoms. The van der Waals surface area contributed by atoms with Crippen LogP contribution in [-0.2, 0) is 0 Å². The molecule has 0 atom stereocenters. The largest absolute Gasteiger partial charge is 0.399 e. The van der Waals surface area contributed by atoms with Gasteiger partial charge in [0.25, 0.3) is 0 Å². The first-order chi connectivity index (χ1) is 8.21. The molecule has 0 bridgehead atoms. The summed E-state index contributed by atoms with van der Waals surface area (Å²) in [4.78, 5) is 4.83. The van der Waals surface area contributed by atoms with E-state index >= 15 is 0 Å². The molecule has 0 spiro atoms. The Morgan fingerprint density at radius 3 is 1.94 bits per heavy atom. The Morgan fingerprint density at radius 2 is 1.47 bits per heavy atom. The molecule has 96 valence electrons. The van der Waals surface area contributed by atoms with E-state index in [-0.39, 0.29) is 0 Å². The minimum atomic E-state index is 0.827. The molecule has 0 heterocycles. The van der Waals surface area contributed by atoms with Gasteiger partial charge >= 0.3 is 0 Å². The lowest BCUT2D eigenvalue weighted by Crippen LogP contribution is -2.35. The van der Waals surface area contributed by atoms with Gasteiger partial charge in [0, 0.05) is 31.0 Å². The van der Waals surface area contributed by atoms with Crippen molar-refractivity contribution in [3.05, 3.63) is 24.3 Å². The van der Waals surface area contributed by atoms with Crippen molar-refractivity contribution in [3.8, 4) is 0 Å². The molecular formula is C14H25N3. The topological polar surface area (TPSA) is 32.5 Å². The number of nitrogen functional groups attached to an aromatic ring is 1. The van der Waals surface area contributed by atoms with Crippen LogP contribution in [-0.4, -0.2) is 37.6 Å². The van der Waals surface area contributed by atoms with Crippen molar-refractivity contribution >= 4 is 11.4 Å². The van der Waals surface area contributed by atoms with Crippen LogP contribution in [0.5, 0.6) is 0 Å². The number of nitrogens with two attached hydrogens (primary N) is 1. The Bertz CT molecular complexity index is 304. The summed E-state index contributed by atoms with van der Waals surface area (Å²) in [6.07, 6.45) is 0. The fourth-order valence-corrected chi connectivity index (χ4v) is 1.96. The van der Waals surface area contributed by atoms with Crippen LogP contribution in [0.2, 0.25) is 0 Å².